The Bertz CT molecular complexity index is 923. The molecule has 138 valence electrons. The average Bonchev–Trinajstić information content (AvgIpc) is 3.01. The van der Waals surface area contributed by atoms with Gasteiger partial charge in [0.15, 0.2) is 5.16 Å². The van der Waals surface area contributed by atoms with E-state index in [2.05, 4.69) is 4.98 Å². The van der Waals surface area contributed by atoms with Crippen molar-refractivity contribution >= 4 is 34.6 Å². The van der Waals surface area contributed by atoms with E-state index < -0.39 is 17.3 Å². The van der Waals surface area contributed by atoms with Gasteiger partial charge in [-0.15, -0.1) is 0 Å². The predicted molar refractivity (Wildman–Crippen MR) is 94.2 cm³/mol. The van der Waals surface area contributed by atoms with Gasteiger partial charge in [0.05, 0.1) is 42.8 Å². The fourth-order valence-electron chi connectivity index (χ4n) is 2.67. The van der Waals surface area contributed by atoms with Crippen molar-refractivity contribution in [2.24, 2.45) is 0 Å². The van der Waals surface area contributed by atoms with E-state index >= 15 is 0 Å². The van der Waals surface area contributed by atoms with Crippen LogP contribution >= 0.6 is 11.8 Å². The van der Waals surface area contributed by atoms with E-state index in [1.165, 1.54) is 29.9 Å². The first-order chi connectivity index (χ1) is 12.4. The Morgan fingerprint density at radius 2 is 2.27 bits per heavy atom. The van der Waals surface area contributed by atoms with E-state index in [1.807, 2.05) is 0 Å². The molecule has 0 saturated carbocycles. The number of esters is 2. The van der Waals surface area contributed by atoms with Crippen molar-refractivity contribution in [2.45, 2.75) is 36.4 Å². The Morgan fingerprint density at radius 3 is 2.88 bits per heavy atom. The molecule has 26 heavy (non-hydrogen) atoms. The fraction of sp³-hybridized carbons (Fsp3) is 0.412. The molecule has 0 aliphatic carbocycles. The average molecular weight is 378 g/mol. The molecule has 1 aromatic carbocycles. The first-order valence-corrected chi connectivity index (χ1v) is 8.93. The van der Waals surface area contributed by atoms with Crippen molar-refractivity contribution in [2.75, 3.05) is 13.7 Å². The third-order valence-corrected chi connectivity index (χ3v) is 5.16. The molecule has 2 heterocycles. The van der Waals surface area contributed by atoms with Gasteiger partial charge in [0, 0.05) is 6.42 Å². The Morgan fingerprint density at radius 1 is 1.50 bits per heavy atom. The first kappa shape index (κ1) is 18.4. The summed E-state index contributed by atoms with van der Waals surface area (Å²) in [6, 6.07) is 4.48. The minimum atomic E-state index is -0.767. The van der Waals surface area contributed by atoms with Crippen LogP contribution < -0.4 is 5.56 Å². The number of thioether (sulfide) groups is 1. The van der Waals surface area contributed by atoms with Gasteiger partial charge in [-0.3, -0.25) is 14.2 Å². The number of fused-ring (bicyclic) bond motifs is 1. The lowest BCUT2D eigenvalue weighted by atomic mass is 10.1. The fourth-order valence-corrected chi connectivity index (χ4v) is 3.74. The number of aliphatic hydroxyl groups is 1. The van der Waals surface area contributed by atoms with Gasteiger partial charge in [-0.05, 0) is 25.1 Å². The highest BCUT2D eigenvalue weighted by molar-refractivity contribution is 8.00. The number of benzene rings is 1. The largest absolute Gasteiger partial charge is 0.465 e. The summed E-state index contributed by atoms with van der Waals surface area (Å²) in [6.45, 7) is 1.94. The molecule has 8 nitrogen and oxygen atoms in total. The summed E-state index contributed by atoms with van der Waals surface area (Å²) in [4.78, 5) is 40.8. The summed E-state index contributed by atoms with van der Waals surface area (Å²) in [5.74, 6) is -0.883. The molecule has 1 aromatic heterocycles. The third-order valence-electron chi connectivity index (χ3n) is 3.92. The predicted octanol–water partition coefficient (Wildman–Crippen LogP) is 0.972. The van der Waals surface area contributed by atoms with Crippen LogP contribution in [0, 0.1) is 0 Å². The molecule has 0 bridgehead atoms. The second kappa shape index (κ2) is 7.46. The molecule has 1 saturated heterocycles. The highest BCUT2D eigenvalue weighted by Crippen LogP contribution is 2.29. The summed E-state index contributed by atoms with van der Waals surface area (Å²) in [5.41, 5.74) is 0.256. The maximum absolute atomic E-state index is 12.9. The molecule has 1 fully saturated rings. The zero-order valence-corrected chi connectivity index (χ0v) is 15.1. The second-order valence-electron chi connectivity index (χ2n) is 5.95. The zero-order valence-electron chi connectivity index (χ0n) is 14.3. The molecule has 0 radical (unpaired) electrons. The van der Waals surface area contributed by atoms with Crippen molar-refractivity contribution < 1.29 is 24.2 Å². The Hall–Kier alpha value is -2.39. The number of ether oxygens (including phenoxy) is 2. The van der Waals surface area contributed by atoms with Gasteiger partial charge in [-0.2, -0.15) is 0 Å². The number of hydrogen-bond acceptors (Lipinski definition) is 8. The third kappa shape index (κ3) is 3.58. The molecule has 0 spiro atoms. The molecule has 1 aliphatic rings. The van der Waals surface area contributed by atoms with Crippen molar-refractivity contribution in [1.82, 2.24) is 9.55 Å². The number of aromatic nitrogens is 2. The number of carbonyl (C=O) groups is 2. The van der Waals surface area contributed by atoms with Gasteiger partial charge in [0.25, 0.3) is 5.56 Å². The van der Waals surface area contributed by atoms with E-state index in [0.717, 1.165) is 11.8 Å². The van der Waals surface area contributed by atoms with Gasteiger partial charge >= 0.3 is 11.9 Å². The standard InChI is InChI=1S/C17H18N2O6S/c1-9(20)8-19-14(21)11-4-3-10(15(22)24-2)7-12(11)18-17(19)26-13-5-6-25-16(13)23/h3-4,7,9,13,20H,5-6,8H2,1-2H3/t9-,13+/m0/s1. The number of hydrogen-bond donors (Lipinski definition) is 1. The summed E-state index contributed by atoms with van der Waals surface area (Å²) in [5, 5.41) is 9.90. The number of carbonyl (C=O) groups excluding carboxylic acids is 2. The van der Waals surface area contributed by atoms with Crippen molar-refractivity contribution in [3.63, 3.8) is 0 Å². The lowest BCUT2D eigenvalue weighted by Gasteiger charge is -2.16. The normalized spacial score (nSPS) is 18.0. The summed E-state index contributed by atoms with van der Waals surface area (Å²) >= 11 is 1.13. The molecular weight excluding hydrogens is 360 g/mol. The number of aliphatic hydroxyl groups excluding tert-OH is 1. The van der Waals surface area contributed by atoms with Crippen molar-refractivity contribution in [3.05, 3.63) is 34.1 Å². The lowest BCUT2D eigenvalue weighted by Crippen LogP contribution is -2.28. The topological polar surface area (TPSA) is 108 Å². The number of methoxy groups -OCH3 is 1. The van der Waals surface area contributed by atoms with E-state index in [9.17, 15) is 19.5 Å². The van der Waals surface area contributed by atoms with E-state index in [4.69, 9.17) is 9.47 Å². The van der Waals surface area contributed by atoms with E-state index in [1.54, 1.807) is 6.92 Å². The van der Waals surface area contributed by atoms with Gasteiger partial charge in [0.1, 0.15) is 5.25 Å². The smallest absolute Gasteiger partial charge is 0.337 e. The Kier molecular flexibility index (Phi) is 5.28. The van der Waals surface area contributed by atoms with E-state index in [0.29, 0.717) is 29.1 Å². The number of nitrogens with zero attached hydrogens (tertiary/aromatic N) is 2. The number of cyclic esters (lactones) is 1. The highest BCUT2D eigenvalue weighted by Gasteiger charge is 2.29. The van der Waals surface area contributed by atoms with Crippen LogP contribution in [0.5, 0.6) is 0 Å². The van der Waals surface area contributed by atoms with E-state index in [-0.39, 0.29) is 23.6 Å². The summed E-state index contributed by atoms with van der Waals surface area (Å²) < 4.78 is 11.0. The molecule has 1 aliphatic heterocycles. The minimum Gasteiger partial charge on any atom is -0.465 e. The maximum Gasteiger partial charge on any atom is 0.337 e. The Balaban J connectivity index is 2.13. The highest BCUT2D eigenvalue weighted by atomic mass is 32.2. The molecule has 2 atom stereocenters. The van der Waals surface area contributed by atoms with Crippen LogP contribution in [0.15, 0.2) is 28.2 Å². The van der Waals surface area contributed by atoms with Crippen LogP contribution in [-0.4, -0.2) is 51.7 Å². The Labute approximate surface area is 153 Å². The molecule has 9 heteroatoms. The van der Waals surface area contributed by atoms with Crippen LogP contribution in [0.2, 0.25) is 0 Å². The quantitative estimate of drug-likeness (QED) is 0.606. The van der Waals surface area contributed by atoms with Crippen LogP contribution in [0.4, 0.5) is 0 Å². The SMILES string of the molecule is COC(=O)c1ccc2c(=O)n(C[C@H](C)O)c(S[C@@H]3CCOC3=O)nc2c1. The molecule has 3 rings (SSSR count). The zero-order chi connectivity index (χ0) is 18.8. The van der Waals surface area contributed by atoms with Crippen LogP contribution in [0.25, 0.3) is 10.9 Å². The summed E-state index contributed by atoms with van der Waals surface area (Å²) in [6.07, 6.45) is -0.245. The molecule has 0 amide bonds. The van der Waals surface area contributed by atoms with Crippen LogP contribution in [0.3, 0.4) is 0 Å². The lowest BCUT2D eigenvalue weighted by molar-refractivity contribution is -0.137. The van der Waals surface area contributed by atoms with Crippen molar-refractivity contribution in [3.8, 4) is 0 Å². The van der Waals surface area contributed by atoms with Gasteiger partial charge in [0.2, 0.25) is 0 Å². The second-order valence-corrected chi connectivity index (χ2v) is 7.12. The summed E-state index contributed by atoms with van der Waals surface area (Å²) in [7, 11) is 1.27. The molecule has 2 aromatic rings. The molecule has 1 N–H and O–H groups in total. The van der Waals surface area contributed by atoms with Gasteiger partial charge in [-0.1, -0.05) is 11.8 Å². The monoisotopic (exact) mass is 378 g/mol. The maximum atomic E-state index is 12.9. The minimum absolute atomic E-state index is 0.0463. The first-order valence-electron chi connectivity index (χ1n) is 8.05. The van der Waals surface area contributed by atoms with Crippen LogP contribution in [-0.2, 0) is 20.8 Å². The van der Waals surface area contributed by atoms with Gasteiger partial charge in [-0.25, -0.2) is 9.78 Å². The molecular formula is C17H18N2O6S. The van der Waals surface area contributed by atoms with Crippen molar-refractivity contribution in [1.29, 1.82) is 0 Å². The molecule has 0 unspecified atom stereocenters. The van der Waals surface area contributed by atoms with Gasteiger partial charge < -0.3 is 14.6 Å². The number of rotatable bonds is 5. The van der Waals surface area contributed by atoms with Crippen LogP contribution in [0.1, 0.15) is 23.7 Å².